The molecule has 30 heavy (non-hydrogen) atoms. The van der Waals surface area contributed by atoms with Crippen molar-refractivity contribution in [3.8, 4) is 0 Å². The Hall–Kier alpha value is -3.74. The summed E-state index contributed by atoms with van der Waals surface area (Å²) in [5.74, 6) is 0.314. The first kappa shape index (κ1) is 18.3. The molecule has 5 rings (SSSR count). The second-order valence-corrected chi connectivity index (χ2v) is 7.47. The van der Waals surface area contributed by atoms with Gasteiger partial charge < -0.3 is 9.32 Å². The third-order valence-electron chi connectivity index (χ3n) is 5.75. The first-order valence-corrected chi connectivity index (χ1v) is 9.89. The maximum atomic E-state index is 13.3. The zero-order valence-corrected chi connectivity index (χ0v) is 16.5. The van der Waals surface area contributed by atoms with E-state index in [1.807, 2.05) is 24.4 Å². The minimum absolute atomic E-state index is 0.0305. The summed E-state index contributed by atoms with van der Waals surface area (Å²) in [6.45, 7) is 3.99. The number of hydrogen-bond donors (Lipinski definition) is 0. The topological polar surface area (TPSA) is 85.0 Å². The fourth-order valence-electron chi connectivity index (χ4n) is 4.20. The third-order valence-corrected chi connectivity index (χ3v) is 5.75. The maximum Gasteiger partial charge on any atom is 0.274 e. The second kappa shape index (κ2) is 6.95. The Kier molecular flexibility index (Phi) is 4.24. The van der Waals surface area contributed by atoms with Gasteiger partial charge in [-0.1, -0.05) is 30.3 Å². The number of fused-ring (bicyclic) bond motifs is 2. The van der Waals surface area contributed by atoms with Crippen molar-refractivity contribution in [1.82, 2.24) is 4.90 Å². The molecule has 1 N–H and O–H groups in total. The molecule has 0 radical (unpaired) electrons. The minimum atomic E-state index is -0.355. The van der Waals surface area contributed by atoms with Crippen molar-refractivity contribution in [3.05, 3.63) is 82.4 Å². The molecule has 0 unspecified atom stereocenters. The summed E-state index contributed by atoms with van der Waals surface area (Å²) in [6, 6.07) is 12.5. The molecule has 3 heterocycles. The molecule has 1 aromatic carbocycles. The standard InChI is InChI=1S/C23H19N3O4/c1-14-18(19-20(27)15-6-2-3-7-16(15)21(28)22(19)30-14)23(29)26-12-10-25(11-13-26)17-8-4-5-9-24-17/h2-9H,10-13H2,1H3/p+1. The number of amides is 1. The smallest absolute Gasteiger partial charge is 0.274 e. The molecule has 0 saturated carbocycles. The zero-order chi connectivity index (χ0) is 20.8. The Morgan fingerprint density at radius 2 is 1.60 bits per heavy atom. The molecule has 7 nitrogen and oxygen atoms in total. The fourth-order valence-corrected chi connectivity index (χ4v) is 4.20. The molecule has 1 saturated heterocycles. The van der Waals surface area contributed by atoms with Gasteiger partial charge in [-0.25, -0.2) is 4.98 Å². The molecule has 3 aromatic rings. The van der Waals surface area contributed by atoms with E-state index in [9.17, 15) is 14.4 Å². The van der Waals surface area contributed by atoms with Crippen LogP contribution in [0.1, 0.15) is 48.2 Å². The van der Waals surface area contributed by atoms with Crippen LogP contribution in [0.5, 0.6) is 0 Å². The lowest BCUT2D eigenvalue weighted by molar-refractivity contribution is -0.364. The molecule has 0 bridgehead atoms. The predicted molar refractivity (Wildman–Crippen MR) is 108 cm³/mol. The number of nitrogens with one attached hydrogen (secondary N) is 1. The summed E-state index contributed by atoms with van der Waals surface area (Å²) in [7, 11) is 0. The Balaban J connectivity index is 1.44. The molecular weight excluding hydrogens is 382 g/mol. The number of anilines is 1. The third kappa shape index (κ3) is 2.74. The largest absolute Gasteiger partial charge is 0.456 e. The highest BCUT2D eigenvalue weighted by Gasteiger charge is 2.40. The highest BCUT2D eigenvalue weighted by Crippen LogP contribution is 2.34. The number of aromatic amines is 1. The van der Waals surface area contributed by atoms with Crippen molar-refractivity contribution < 1.29 is 23.8 Å². The number of ketones is 2. The Morgan fingerprint density at radius 3 is 2.27 bits per heavy atom. The molecular formula is C23H20N3O4+. The number of pyridine rings is 1. The molecule has 150 valence electrons. The lowest BCUT2D eigenvalue weighted by Gasteiger charge is -2.31. The number of H-pyrrole nitrogens is 1. The van der Waals surface area contributed by atoms with E-state index in [4.69, 9.17) is 4.42 Å². The first-order chi connectivity index (χ1) is 14.6. The van der Waals surface area contributed by atoms with Crippen LogP contribution in [-0.4, -0.2) is 48.6 Å². The minimum Gasteiger partial charge on any atom is -0.456 e. The van der Waals surface area contributed by atoms with Crippen LogP contribution in [-0.2, 0) is 0 Å². The van der Waals surface area contributed by atoms with Crippen molar-refractivity contribution >= 4 is 23.3 Å². The molecule has 1 aliphatic heterocycles. The number of carbonyl (C=O) groups excluding carboxylic acids is 3. The van der Waals surface area contributed by atoms with Gasteiger partial charge >= 0.3 is 0 Å². The highest BCUT2D eigenvalue weighted by atomic mass is 16.4. The van der Waals surface area contributed by atoms with E-state index in [1.54, 1.807) is 36.1 Å². The number of benzene rings is 1. The van der Waals surface area contributed by atoms with Gasteiger partial charge in [-0.3, -0.25) is 19.3 Å². The van der Waals surface area contributed by atoms with Gasteiger partial charge in [-0.15, -0.1) is 0 Å². The van der Waals surface area contributed by atoms with Crippen LogP contribution in [0.3, 0.4) is 0 Å². The van der Waals surface area contributed by atoms with Crippen LogP contribution < -0.4 is 9.88 Å². The van der Waals surface area contributed by atoms with Crippen LogP contribution in [0, 0.1) is 6.92 Å². The van der Waals surface area contributed by atoms with E-state index in [1.165, 1.54) is 0 Å². The summed E-state index contributed by atoms with van der Waals surface area (Å²) in [5.41, 5.74) is 0.933. The highest BCUT2D eigenvalue weighted by molar-refractivity contribution is 6.30. The number of aryl methyl sites for hydroxylation is 1. The second-order valence-electron chi connectivity index (χ2n) is 7.47. The molecule has 1 amide bonds. The molecule has 7 heteroatoms. The molecule has 1 aliphatic carbocycles. The average Bonchev–Trinajstić information content (AvgIpc) is 3.15. The van der Waals surface area contributed by atoms with Gasteiger partial charge in [0.25, 0.3) is 11.7 Å². The van der Waals surface area contributed by atoms with E-state index < -0.39 is 0 Å². The number of piperazine rings is 1. The van der Waals surface area contributed by atoms with Gasteiger partial charge in [-0.2, -0.15) is 0 Å². The zero-order valence-electron chi connectivity index (χ0n) is 16.5. The number of carbonyl (C=O) groups is 3. The van der Waals surface area contributed by atoms with E-state index in [-0.39, 0.29) is 34.4 Å². The van der Waals surface area contributed by atoms with Gasteiger partial charge in [0, 0.05) is 17.2 Å². The number of rotatable bonds is 2. The van der Waals surface area contributed by atoms with Crippen molar-refractivity contribution in [2.45, 2.75) is 6.92 Å². The number of nitrogens with zero attached hydrogens (tertiary/aromatic N) is 2. The quantitative estimate of drug-likeness (QED) is 0.513. The van der Waals surface area contributed by atoms with Crippen molar-refractivity contribution in [1.29, 1.82) is 0 Å². The maximum absolute atomic E-state index is 13.3. The average molecular weight is 402 g/mol. The van der Waals surface area contributed by atoms with E-state index >= 15 is 0 Å². The van der Waals surface area contributed by atoms with E-state index in [2.05, 4.69) is 9.88 Å². The monoisotopic (exact) mass is 402 g/mol. The van der Waals surface area contributed by atoms with Crippen molar-refractivity contribution in [2.75, 3.05) is 31.1 Å². The van der Waals surface area contributed by atoms with Gasteiger partial charge in [0.05, 0.1) is 30.4 Å². The summed E-state index contributed by atoms with van der Waals surface area (Å²) in [5, 5.41) is 0. The summed E-state index contributed by atoms with van der Waals surface area (Å²) in [4.78, 5) is 46.4. The van der Waals surface area contributed by atoms with Crippen LogP contribution in [0.4, 0.5) is 5.82 Å². The first-order valence-electron chi connectivity index (χ1n) is 9.89. The van der Waals surface area contributed by atoms with Crippen molar-refractivity contribution in [2.24, 2.45) is 0 Å². The van der Waals surface area contributed by atoms with Gasteiger partial charge in [-0.05, 0) is 13.0 Å². The van der Waals surface area contributed by atoms with Crippen LogP contribution >= 0.6 is 0 Å². The predicted octanol–water partition coefficient (Wildman–Crippen LogP) is 2.14. The Bertz CT molecular complexity index is 1170. The van der Waals surface area contributed by atoms with E-state index in [0.717, 1.165) is 5.82 Å². The van der Waals surface area contributed by atoms with Gasteiger partial charge in [0.1, 0.15) is 18.8 Å². The molecule has 2 aromatic heterocycles. The van der Waals surface area contributed by atoms with Crippen LogP contribution in [0.25, 0.3) is 0 Å². The summed E-state index contributed by atoms with van der Waals surface area (Å²) >= 11 is 0. The molecule has 0 spiro atoms. The van der Waals surface area contributed by atoms with Crippen LogP contribution in [0.2, 0.25) is 0 Å². The molecule has 2 aliphatic rings. The Morgan fingerprint density at radius 1 is 0.933 bits per heavy atom. The normalized spacial score (nSPS) is 15.8. The number of aromatic nitrogens is 1. The summed E-state index contributed by atoms with van der Waals surface area (Å²) < 4.78 is 5.65. The fraction of sp³-hybridized carbons (Fsp3) is 0.217. The number of hydrogen-bond acceptors (Lipinski definition) is 5. The molecule has 0 atom stereocenters. The van der Waals surface area contributed by atoms with Crippen molar-refractivity contribution in [3.63, 3.8) is 0 Å². The van der Waals surface area contributed by atoms with Gasteiger partial charge in [0.2, 0.25) is 5.78 Å². The number of furan rings is 1. The SMILES string of the molecule is Cc1oc2c(c1C(=O)N1CCN(c3cccc[nH+]3)CC1)C(=O)c1ccccc1C2=O. The van der Waals surface area contributed by atoms with E-state index in [0.29, 0.717) is 43.1 Å². The lowest BCUT2D eigenvalue weighted by atomic mass is 9.86. The van der Waals surface area contributed by atoms with Gasteiger partial charge in [0.15, 0.2) is 11.5 Å². The Labute approximate surface area is 172 Å². The van der Waals surface area contributed by atoms with Crippen LogP contribution in [0.15, 0.2) is 53.1 Å². The molecule has 1 fully saturated rings. The lowest BCUT2D eigenvalue weighted by Crippen LogP contribution is -2.50. The summed E-state index contributed by atoms with van der Waals surface area (Å²) in [6.07, 6.45) is 1.87.